The van der Waals surface area contributed by atoms with Crippen LogP contribution in [0.25, 0.3) is 5.69 Å². The summed E-state index contributed by atoms with van der Waals surface area (Å²) in [7, 11) is 0. The molecule has 184 valence electrons. The summed E-state index contributed by atoms with van der Waals surface area (Å²) in [5.41, 5.74) is 0.745. The Morgan fingerprint density at radius 3 is 2.74 bits per heavy atom. The Kier molecular flexibility index (Phi) is 6.91. The van der Waals surface area contributed by atoms with E-state index >= 15 is 0 Å². The van der Waals surface area contributed by atoms with Crippen molar-refractivity contribution in [2.24, 2.45) is 0 Å². The number of piperidine rings is 1. The van der Waals surface area contributed by atoms with E-state index in [2.05, 4.69) is 20.4 Å². The number of carbonyl (C=O) groups excluding carboxylic acids is 2. The van der Waals surface area contributed by atoms with Gasteiger partial charge in [0.05, 0.1) is 24.5 Å². The molecule has 1 aliphatic carbocycles. The van der Waals surface area contributed by atoms with Gasteiger partial charge in [0.25, 0.3) is 0 Å². The molecule has 2 heterocycles. The number of alkyl halides is 3. The lowest BCUT2D eigenvalue weighted by atomic mass is 10.0. The molecule has 10 nitrogen and oxygen atoms in total. The average Bonchev–Trinajstić information content (AvgIpc) is 3.51. The first-order valence-corrected chi connectivity index (χ1v) is 11.0. The fourth-order valence-corrected chi connectivity index (χ4v) is 4.08. The summed E-state index contributed by atoms with van der Waals surface area (Å²) in [5.74, 6) is -0.723. The molecule has 0 unspecified atom stereocenters. The smallest absolute Gasteiger partial charge is 0.406 e. The van der Waals surface area contributed by atoms with Gasteiger partial charge in [-0.3, -0.25) is 4.79 Å². The molecule has 0 spiro atoms. The van der Waals surface area contributed by atoms with Gasteiger partial charge in [-0.2, -0.15) is 0 Å². The molecule has 1 aliphatic heterocycles. The molecule has 34 heavy (non-hydrogen) atoms. The molecule has 1 aromatic carbocycles. The van der Waals surface area contributed by atoms with Crippen molar-refractivity contribution in [1.29, 1.82) is 0 Å². The molecule has 1 saturated carbocycles. The second-order valence-corrected chi connectivity index (χ2v) is 8.29. The molecule has 3 amide bonds. The van der Waals surface area contributed by atoms with Gasteiger partial charge in [-0.15, -0.1) is 18.3 Å². The van der Waals surface area contributed by atoms with Crippen LogP contribution in [0.3, 0.4) is 0 Å². The first-order chi connectivity index (χ1) is 16.2. The Bertz CT molecular complexity index is 1030. The van der Waals surface area contributed by atoms with Crippen molar-refractivity contribution in [2.45, 2.75) is 50.7 Å². The Labute approximate surface area is 193 Å². The average molecular weight is 482 g/mol. The maximum absolute atomic E-state index is 13.0. The van der Waals surface area contributed by atoms with E-state index in [-0.39, 0.29) is 36.3 Å². The van der Waals surface area contributed by atoms with Crippen LogP contribution in [0.5, 0.6) is 5.75 Å². The molecule has 4 rings (SSSR count). The van der Waals surface area contributed by atoms with Crippen molar-refractivity contribution in [1.82, 2.24) is 30.1 Å². The van der Waals surface area contributed by atoms with Gasteiger partial charge >= 0.3 is 12.4 Å². The molecule has 2 aromatic rings. The van der Waals surface area contributed by atoms with E-state index in [0.717, 1.165) is 25.7 Å². The number of ether oxygens (including phenoxy) is 1. The first kappa shape index (κ1) is 23.8. The van der Waals surface area contributed by atoms with E-state index < -0.39 is 13.0 Å². The number of halogens is 3. The van der Waals surface area contributed by atoms with Gasteiger partial charge in [0.2, 0.25) is 5.91 Å². The number of amides is 3. The number of aliphatic hydroxyl groups is 1. The monoisotopic (exact) mass is 482 g/mol. The van der Waals surface area contributed by atoms with E-state index in [0.29, 0.717) is 24.5 Å². The van der Waals surface area contributed by atoms with E-state index in [1.54, 1.807) is 15.9 Å². The van der Waals surface area contributed by atoms with E-state index in [1.165, 1.54) is 29.1 Å². The zero-order valence-corrected chi connectivity index (χ0v) is 18.2. The first-order valence-electron chi connectivity index (χ1n) is 11.0. The molecule has 13 heteroatoms. The fraction of sp³-hybridized carbons (Fsp3) is 0.524. The predicted molar refractivity (Wildman–Crippen MR) is 112 cm³/mol. The van der Waals surface area contributed by atoms with Crippen LogP contribution >= 0.6 is 0 Å². The number of aromatic nitrogens is 3. The number of hydrogen-bond donors (Lipinski definition) is 2. The summed E-state index contributed by atoms with van der Waals surface area (Å²) in [6.07, 6.45) is 0.0140. The fourth-order valence-electron chi connectivity index (χ4n) is 4.08. The highest BCUT2D eigenvalue weighted by molar-refractivity contribution is 5.78. The minimum Gasteiger partial charge on any atom is -0.406 e. The van der Waals surface area contributed by atoms with Crippen molar-refractivity contribution in [3.8, 4) is 11.4 Å². The van der Waals surface area contributed by atoms with Gasteiger partial charge in [0.15, 0.2) is 0 Å². The third-order valence-corrected chi connectivity index (χ3v) is 5.73. The summed E-state index contributed by atoms with van der Waals surface area (Å²) in [6.45, 7) is 0.472. The summed E-state index contributed by atoms with van der Waals surface area (Å²) >= 11 is 0. The van der Waals surface area contributed by atoms with Gasteiger partial charge in [-0.05, 0) is 37.8 Å². The van der Waals surface area contributed by atoms with Crippen molar-refractivity contribution in [2.75, 3.05) is 19.7 Å². The topological polar surface area (TPSA) is 113 Å². The van der Waals surface area contributed by atoms with Crippen LogP contribution in [0.15, 0.2) is 30.5 Å². The lowest BCUT2D eigenvalue weighted by Crippen LogP contribution is -2.55. The molecule has 0 bridgehead atoms. The molecular formula is C21H25F3N6O4. The number of hydrogen-bond acceptors (Lipinski definition) is 6. The predicted octanol–water partition coefficient (Wildman–Crippen LogP) is 1.82. The number of nitrogens with one attached hydrogen (secondary N) is 1. The minimum absolute atomic E-state index is 0.0762. The highest BCUT2D eigenvalue weighted by Crippen LogP contribution is 2.31. The second-order valence-electron chi connectivity index (χ2n) is 8.29. The van der Waals surface area contributed by atoms with Crippen molar-refractivity contribution in [3.05, 3.63) is 36.2 Å². The maximum atomic E-state index is 13.0. The van der Waals surface area contributed by atoms with Gasteiger partial charge in [-0.25, -0.2) is 9.48 Å². The Hall–Kier alpha value is -3.35. The molecule has 1 atom stereocenters. The van der Waals surface area contributed by atoms with Crippen LogP contribution in [0, 0.1) is 0 Å². The van der Waals surface area contributed by atoms with Crippen molar-refractivity contribution < 1.29 is 32.6 Å². The molecule has 2 N–H and O–H groups in total. The summed E-state index contributed by atoms with van der Waals surface area (Å²) < 4.78 is 42.6. The zero-order chi connectivity index (χ0) is 24.3. The lowest BCUT2D eigenvalue weighted by Gasteiger charge is -2.39. The normalized spacial score (nSPS) is 18.5. The van der Waals surface area contributed by atoms with Gasteiger partial charge in [-0.1, -0.05) is 11.3 Å². The number of aliphatic hydroxyl groups excluding tert-OH is 1. The molecule has 2 fully saturated rings. The van der Waals surface area contributed by atoms with Gasteiger partial charge in [0, 0.05) is 25.2 Å². The number of carbonyl (C=O) groups is 2. The number of rotatable bonds is 7. The van der Waals surface area contributed by atoms with E-state index in [1.807, 2.05) is 0 Å². The van der Waals surface area contributed by atoms with Crippen LogP contribution in [0.4, 0.5) is 18.0 Å². The number of nitrogens with zero attached hydrogens (tertiary/aromatic N) is 5. The Balaban J connectivity index is 1.37. The van der Waals surface area contributed by atoms with E-state index in [4.69, 9.17) is 5.11 Å². The quantitative estimate of drug-likeness (QED) is 0.623. The third-order valence-electron chi connectivity index (χ3n) is 5.73. The summed E-state index contributed by atoms with van der Waals surface area (Å²) in [5, 5.41) is 19.9. The van der Waals surface area contributed by atoms with Gasteiger partial charge < -0.3 is 25.0 Å². The summed E-state index contributed by atoms with van der Waals surface area (Å²) in [4.78, 5) is 28.2. The second kappa shape index (κ2) is 9.87. The van der Waals surface area contributed by atoms with Crippen LogP contribution in [-0.4, -0.2) is 80.0 Å². The third kappa shape index (κ3) is 5.95. The van der Waals surface area contributed by atoms with Gasteiger partial charge in [0.1, 0.15) is 18.1 Å². The van der Waals surface area contributed by atoms with Crippen LogP contribution in [0.1, 0.15) is 31.4 Å². The molecule has 1 saturated heterocycles. The SMILES string of the molecule is O=C(CO)N1CCC[C@@H](N(C(=O)NCc2cn(-c3cccc(OC(F)(F)F)c3)nn2)C2CC2)C1. The largest absolute Gasteiger partial charge is 0.573 e. The Morgan fingerprint density at radius 2 is 2.03 bits per heavy atom. The standard InChI is InChI=1S/C21H25F3N6O4/c22-21(23,24)34-18-5-1-3-16(9-18)29-11-14(26-27-29)10-25-20(33)30(15-6-7-15)17-4-2-8-28(12-17)19(32)13-31/h1,3,5,9,11,15,17,31H,2,4,6-8,10,12-13H2,(H,25,33)/t17-/m1/s1. The molecule has 2 aliphatic rings. The minimum atomic E-state index is -4.80. The zero-order valence-electron chi connectivity index (χ0n) is 18.2. The molecular weight excluding hydrogens is 457 g/mol. The van der Waals surface area contributed by atoms with Crippen LogP contribution < -0.4 is 10.1 Å². The molecule has 1 aromatic heterocycles. The number of urea groups is 1. The number of benzene rings is 1. The highest BCUT2D eigenvalue weighted by Gasteiger charge is 2.39. The Morgan fingerprint density at radius 1 is 1.24 bits per heavy atom. The number of likely N-dealkylation sites (tertiary alicyclic amines) is 1. The molecule has 0 radical (unpaired) electrons. The van der Waals surface area contributed by atoms with E-state index in [9.17, 15) is 22.8 Å². The van der Waals surface area contributed by atoms with Crippen LogP contribution in [0.2, 0.25) is 0 Å². The highest BCUT2D eigenvalue weighted by atomic mass is 19.4. The summed E-state index contributed by atoms with van der Waals surface area (Å²) in [6, 6.07) is 5.02. The van der Waals surface area contributed by atoms with Crippen molar-refractivity contribution in [3.63, 3.8) is 0 Å². The van der Waals surface area contributed by atoms with Crippen LogP contribution in [-0.2, 0) is 11.3 Å². The lowest BCUT2D eigenvalue weighted by molar-refractivity contribution is -0.274. The maximum Gasteiger partial charge on any atom is 0.573 e. The van der Waals surface area contributed by atoms with Crippen molar-refractivity contribution >= 4 is 11.9 Å².